The van der Waals surface area contributed by atoms with Gasteiger partial charge in [-0.25, -0.2) is 9.59 Å². The number of rotatable bonds is 22. The number of aryl methyl sites for hydroxylation is 1. The monoisotopic (exact) mass is 2260 g/mol. The van der Waals surface area contributed by atoms with E-state index in [9.17, 15) is 38.4 Å². The number of H-pyrrole nitrogens is 1. The number of amides is 5. The standard InChI is InChI=1S/C35H42N4O6.C28H34N2O5.C22H34BNO5.C12H12BrNO2.C8H6BrNO.C4H8Br2O.Na.H2O/c1-5-39(25-8-12-44-13-9-25)30-19-24(23-6-7-28-29(18-23)38-34(42)35(28)10-14-45-15-11-35)17-26(22(30)3)32(40)36-20-27-31(43-4)16-21(2)37-33(27)41;1-4-30(21-7-11-34-12-8-21)25-17-20(15-22(18(25)2)26(31)33-3)19-5-6-23-24(16-19)29-27(32)28(23)9-13-35-14-10-28;1-8-24(17-9-11-27-12-10-17)19-14-16(13-18(15(19)2)20(25)26-7)23-28-21(3,4)22(5,6)29-23;13-8-1-2-9-10(7-8)14-11(15)12(9)3-5-16-6-4-12;9-6-2-1-5-3-8(11)10-7(5)4-6;5-1-3-7-4-2-6;;/h6-7,16-19,25H,5,8-15,20H2,1-4H3,(H,36,40)(H,37,41)(H,38,42);5-6,15-17,21H,4,7-14H2,1-3H3,(H,29,32);13-14,17H,8-12H2,1-7H3;1-2,7H,3-6H2,(H,14,15);1-2,4H,3H2,(H,10,11);1-4H2;;1H2/q;;;;;;+1;/p-1. The van der Waals surface area contributed by atoms with Gasteiger partial charge < -0.3 is 108 Å². The summed E-state index contributed by atoms with van der Waals surface area (Å²) in [5.41, 5.74) is 18.2. The topological polar surface area (TPSA) is 363 Å². The second kappa shape index (κ2) is 51.9. The van der Waals surface area contributed by atoms with E-state index in [4.69, 9.17) is 56.7 Å². The molecule has 145 heavy (non-hydrogen) atoms. The van der Waals surface area contributed by atoms with E-state index in [0.717, 1.165) is 237 Å². The number of carbonyl (C=O) groups is 7. The van der Waals surface area contributed by atoms with Crippen LogP contribution in [0.15, 0.2) is 129 Å². The number of alkyl halides is 2. The van der Waals surface area contributed by atoms with Crippen molar-refractivity contribution in [1.29, 1.82) is 0 Å². The minimum Gasteiger partial charge on any atom is -0.870 e. The maximum atomic E-state index is 13.9. The van der Waals surface area contributed by atoms with Gasteiger partial charge in [-0.3, -0.25) is 28.8 Å². The second-order valence-corrected chi connectivity index (χ2v) is 42.1. The Bertz CT molecular complexity index is 5970. The average molecular weight is 2260 g/mol. The number of nitrogens with one attached hydrogen (secondary N) is 6. The van der Waals surface area contributed by atoms with Gasteiger partial charge in [0.05, 0.1) is 91.6 Å². The Hall–Kier alpha value is -8.44. The number of carbonyl (C=O) groups excluding carboxylic acids is 7. The Balaban J connectivity index is 0.000000167. The minimum atomic E-state index is -0.549. The number of hydrogen-bond acceptors (Lipinski definition) is 24. The zero-order chi connectivity index (χ0) is 102. The number of hydrogen-bond donors (Lipinski definition) is 6. The number of halogens is 4. The molecule has 11 aliphatic heterocycles. The molecule has 7 saturated heterocycles. The molecule has 0 bridgehead atoms. The van der Waals surface area contributed by atoms with Gasteiger partial charge in [0.1, 0.15) is 5.75 Å². The van der Waals surface area contributed by atoms with Crippen LogP contribution in [0.3, 0.4) is 0 Å². The van der Waals surface area contributed by atoms with Crippen LogP contribution in [0.5, 0.6) is 5.75 Å². The molecule has 7 N–H and O–H groups in total. The fourth-order valence-electron chi connectivity index (χ4n) is 21.2. The quantitative estimate of drug-likeness (QED) is 0.0159. The van der Waals surface area contributed by atoms with Gasteiger partial charge >= 0.3 is 48.6 Å². The Kier molecular flexibility index (Phi) is 41.2. The van der Waals surface area contributed by atoms with Gasteiger partial charge in [0, 0.05) is 188 Å². The molecule has 776 valence electrons. The molecule has 0 aliphatic carbocycles. The Morgan fingerprint density at radius 2 is 0.828 bits per heavy atom. The predicted octanol–water partition coefficient (Wildman–Crippen LogP) is 15.2. The van der Waals surface area contributed by atoms with Crippen molar-refractivity contribution in [2.75, 3.05) is 180 Å². The number of fused-ring (bicyclic) bond motifs is 7. The smallest absolute Gasteiger partial charge is 0.870 e. The molecule has 36 heteroatoms. The number of esters is 2. The molecule has 8 aromatic rings. The van der Waals surface area contributed by atoms with Gasteiger partial charge in [0.2, 0.25) is 23.6 Å². The summed E-state index contributed by atoms with van der Waals surface area (Å²) in [6.45, 7) is 34.5. The van der Waals surface area contributed by atoms with Crippen LogP contribution in [0, 0.1) is 27.7 Å². The van der Waals surface area contributed by atoms with E-state index in [2.05, 4.69) is 167 Å². The first-order valence-electron chi connectivity index (χ1n) is 49.8. The van der Waals surface area contributed by atoms with Crippen LogP contribution in [-0.2, 0) is 100 Å². The summed E-state index contributed by atoms with van der Waals surface area (Å²) >= 11 is 13.2. The molecule has 5 amide bonds. The van der Waals surface area contributed by atoms with Crippen LogP contribution >= 0.6 is 63.7 Å². The molecule has 12 heterocycles. The van der Waals surface area contributed by atoms with E-state index in [1.807, 2.05) is 121 Å². The molecule has 0 atom stereocenters. The number of ether oxygens (including phenoxy) is 10. The van der Waals surface area contributed by atoms with Crippen molar-refractivity contribution in [3.8, 4) is 28.0 Å². The van der Waals surface area contributed by atoms with Gasteiger partial charge in [-0.05, 0) is 299 Å². The van der Waals surface area contributed by atoms with Crippen molar-refractivity contribution < 1.29 is 125 Å². The van der Waals surface area contributed by atoms with Crippen molar-refractivity contribution in [3.05, 3.63) is 201 Å². The van der Waals surface area contributed by atoms with E-state index in [-0.39, 0.29) is 100 Å². The third kappa shape index (κ3) is 25.9. The molecule has 1 aromatic heterocycles. The number of aromatic amines is 1. The van der Waals surface area contributed by atoms with Crippen LogP contribution in [0.2, 0.25) is 0 Å². The Morgan fingerprint density at radius 3 is 1.23 bits per heavy atom. The van der Waals surface area contributed by atoms with Crippen LogP contribution in [0.4, 0.5) is 39.8 Å². The maximum absolute atomic E-state index is 13.9. The van der Waals surface area contributed by atoms with E-state index >= 15 is 0 Å². The summed E-state index contributed by atoms with van der Waals surface area (Å²) in [6.07, 6.45) is 10.5. The molecule has 19 rings (SSSR count). The van der Waals surface area contributed by atoms with E-state index in [1.54, 1.807) is 13.0 Å². The van der Waals surface area contributed by atoms with Crippen LogP contribution < -0.4 is 86.6 Å². The summed E-state index contributed by atoms with van der Waals surface area (Å²) in [7, 11) is 3.82. The molecule has 7 fully saturated rings. The first kappa shape index (κ1) is 115. The summed E-state index contributed by atoms with van der Waals surface area (Å²) < 4.78 is 68.4. The van der Waals surface area contributed by atoms with E-state index in [0.29, 0.717) is 131 Å². The largest absolute Gasteiger partial charge is 1.00 e. The summed E-state index contributed by atoms with van der Waals surface area (Å²) in [5.74, 6) is -0.236. The number of anilines is 7. The molecule has 0 unspecified atom stereocenters. The first-order chi connectivity index (χ1) is 68.7. The molecular weight excluding hydrogens is 2120 g/mol. The molecular formula is C109H137BBr4N9NaO21. The first-order valence-corrected chi connectivity index (χ1v) is 53.7. The van der Waals surface area contributed by atoms with Crippen LogP contribution in [-0.4, -0.2) is 233 Å². The molecule has 3 spiro atoms. The second-order valence-electron chi connectivity index (χ2n) is 38.7. The van der Waals surface area contributed by atoms with E-state index < -0.39 is 29.2 Å². The van der Waals surface area contributed by atoms with Crippen molar-refractivity contribution in [3.63, 3.8) is 0 Å². The Labute approximate surface area is 907 Å². The fourth-order valence-corrected chi connectivity index (χ4v) is 22.4. The number of nitrogens with zero attached hydrogens (tertiary/aromatic N) is 3. The van der Waals surface area contributed by atoms with Crippen molar-refractivity contribution in [1.82, 2.24) is 10.3 Å². The molecule has 7 aromatic carbocycles. The number of benzene rings is 7. The normalized spacial score (nSPS) is 18.3. The van der Waals surface area contributed by atoms with Gasteiger partial charge in [-0.2, -0.15) is 0 Å². The Morgan fingerprint density at radius 1 is 0.455 bits per heavy atom. The predicted molar refractivity (Wildman–Crippen MR) is 575 cm³/mol. The van der Waals surface area contributed by atoms with Crippen LogP contribution in [0.1, 0.15) is 207 Å². The molecule has 0 radical (unpaired) electrons. The van der Waals surface area contributed by atoms with Gasteiger partial charge in [0.25, 0.3) is 11.5 Å². The number of aromatic nitrogens is 1. The van der Waals surface area contributed by atoms with E-state index in [1.165, 1.54) is 21.3 Å². The molecule has 30 nitrogen and oxygen atoms in total. The maximum Gasteiger partial charge on any atom is 1.00 e. The molecule has 0 saturated carbocycles. The third-order valence-electron chi connectivity index (χ3n) is 29.9. The van der Waals surface area contributed by atoms with Crippen molar-refractivity contribution >= 4 is 158 Å². The van der Waals surface area contributed by atoms with Crippen LogP contribution in [0.25, 0.3) is 22.3 Å². The zero-order valence-electron chi connectivity index (χ0n) is 86.1. The average Bonchev–Trinajstić information content (AvgIpc) is 1.60. The minimum absolute atomic E-state index is 0. The SMILES string of the molecule is BrCCOCCBr.CCN(c1cc(-c2ccc3c(c2)NC(=O)C32CCOCC2)cc(C(=O)NCc2c(OC)cc(C)[nH]c2=O)c1C)C1CCOCC1.CCN(c1cc(-c2ccc3c(c2)NC(=O)C32CCOCC2)cc(C(=O)OC)c1C)C1CCOCC1.CCN(c1cc(B2OC(C)(C)C(C)(C)O2)cc(C(=O)OC)c1C)C1CCOCC1.O=C1Cc2ccc(Br)cc2N1.O=C1Nc2cc(Br)ccc2C12CCOCC2.[Na+].[OH-]. The fraction of sp³-hybridized carbons (Fsp3) is 0.505. The summed E-state index contributed by atoms with van der Waals surface area (Å²) in [5, 5.41) is 16.8. The summed E-state index contributed by atoms with van der Waals surface area (Å²) in [6, 6.07) is 39.0. The number of pyridine rings is 1. The van der Waals surface area contributed by atoms with Gasteiger partial charge in [-0.15, -0.1) is 0 Å². The van der Waals surface area contributed by atoms with Gasteiger partial charge in [0.15, 0.2) is 0 Å². The summed E-state index contributed by atoms with van der Waals surface area (Å²) in [4.78, 5) is 111. The zero-order valence-corrected chi connectivity index (χ0v) is 94.4. The third-order valence-corrected chi connectivity index (χ3v) is 31.6. The number of methoxy groups -OCH3 is 3. The molecule has 11 aliphatic rings. The van der Waals surface area contributed by atoms with Crippen molar-refractivity contribution in [2.45, 2.75) is 212 Å². The van der Waals surface area contributed by atoms with Gasteiger partial charge in [-0.1, -0.05) is 100 Å². The van der Waals surface area contributed by atoms with Crippen molar-refractivity contribution in [2.24, 2.45) is 0 Å².